The van der Waals surface area contributed by atoms with Crippen LogP contribution in [0.5, 0.6) is 0 Å². The normalized spacial score (nSPS) is 11.6. The van der Waals surface area contributed by atoms with Crippen LogP contribution in [0.15, 0.2) is 24.3 Å². The van der Waals surface area contributed by atoms with Crippen molar-refractivity contribution in [3.8, 4) is 0 Å². The quantitative estimate of drug-likeness (QED) is 0.845. The lowest BCUT2D eigenvalue weighted by Crippen LogP contribution is -2.14. The molecule has 5 heteroatoms. The van der Waals surface area contributed by atoms with Gasteiger partial charge >= 0.3 is 5.97 Å². The zero-order valence-electron chi connectivity index (χ0n) is 7.31. The lowest BCUT2D eigenvalue weighted by molar-refractivity contribution is -0.137. The Bertz CT molecular complexity index is 317. The topological polar surface area (TPSA) is 63.3 Å². The molecule has 0 amide bonds. The minimum atomic E-state index is -0.910. The summed E-state index contributed by atoms with van der Waals surface area (Å²) in [6.07, 6.45) is -0.0830. The summed E-state index contributed by atoms with van der Waals surface area (Å²) in [5.74, 6) is -0.910. The van der Waals surface area contributed by atoms with Crippen LogP contribution in [0.4, 0.5) is 0 Å². The molecule has 0 aliphatic heterocycles. The van der Waals surface area contributed by atoms with Gasteiger partial charge in [0, 0.05) is 11.1 Å². The molecule has 1 atom stereocenters. The van der Waals surface area contributed by atoms with E-state index in [0.29, 0.717) is 5.02 Å². The molecule has 0 radical (unpaired) electrons. The fourth-order valence-corrected chi connectivity index (χ4v) is 1.24. The number of rotatable bonds is 3. The molecule has 0 aliphatic carbocycles. The molecule has 1 aromatic carbocycles. The SMILES string of the molecule is Cl.N[C@@H](CC(=O)O)c1cccc(Cl)c1. The first-order chi connectivity index (χ1) is 6.09. The maximum atomic E-state index is 10.4. The summed E-state index contributed by atoms with van der Waals surface area (Å²) in [6, 6.07) is 6.42. The largest absolute Gasteiger partial charge is 0.481 e. The number of hydrogen-bond donors (Lipinski definition) is 2. The van der Waals surface area contributed by atoms with E-state index in [2.05, 4.69) is 0 Å². The molecule has 78 valence electrons. The molecule has 0 unspecified atom stereocenters. The Labute approximate surface area is 93.3 Å². The van der Waals surface area contributed by atoms with Gasteiger partial charge in [0.05, 0.1) is 6.42 Å². The summed E-state index contributed by atoms with van der Waals surface area (Å²) in [5, 5.41) is 9.07. The Hall–Kier alpha value is -0.770. The second-order valence-corrected chi connectivity index (χ2v) is 3.20. The Morgan fingerprint density at radius 1 is 1.57 bits per heavy atom. The maximum Gasteiger partial charge on any atom is 0.305 e. The first-order valence-corrected chi connectivity index (χ1v) is 4.20. The van der Waals surface area contributed by atoms with E-state index in [1.54, 1.807) is 24.3 Å². The van der Waals surface area contributed by atoms with E-state index in [9.17, 15) is 4.79 Å². The summed E-state index contributed by atoms with van der Waals surface area (Å²) >= 11 is 5.72. The molecular formula is C9H11Cl2NO2. The maximum absolute atomic E-state index is 10.4. The highest BCUT2D eigenvalue weighted by Crippen LogP contribution is 2.18. The smallest absolute Gasteiger partial charge is 0.305 e. The number of nitrogens with two attached hydrogens (primary N) is 1. The Kier molecular flexibility index (Phi) is 5.53. The number of carboxylic acids is 1. The molecule has 0 aromatic heterocycles. The average Bonchev–Trinajstić information content (AvgIpc) is 2.03. The van der Waals surface area contributed by atoms with Gasteiger partial charge in [-0.1, -0.05) is 23.7 Å². The first kappa shape index (κ1) is 13.2. The monoisotopic (exact) mass is 235 g/mol. The van der Waals surface area contributed by atoms with Gasteiger partial charge in [-0.3, -0.25) is 4.79 Å². The van der Waals surface area contributed by atoms with Crippen molar-refractivity contribution < 1.29 is 9.90 Å². The fraction of sp³-hybridized carbons (Fsp3) is 0.222. The van der Waals surface area contributed by atoms with Gasteiger partial charge in [0.1, 0.15) is 0 Å². The summed E-state index contributed by atoms with van der Waals surface area (Å²) in [4.78, 5) is 10.4. The molecule has 1 rings (SSSR count). The van der Waals surface area contributed by atoms with Gasteiger partial charge in [0.2, 0.25) is 0 Å². The molecule has 0 heterocycles. The van der Waals surface area contributed by atoms with Gasteiger partial charge < -0.3 is 10.8 Å². The highest BCUT2D eigenvalue weighted by atomic mass is 35.5. The third-order valence-electron chi connectivity index (χ3n) is 1.67. The Balaban J connectivity index is 0.00000169. The average molecular weight is 236 g/mol. The van der Waals surface area contributed by atoms with Crippen LogP contribution in [-0.2, 0) is 4.79 Å². The third-order valence-corrected chi connectivity index (χ3v) is 1.91. The van der Waals surface area contributed by atoms with Crippen LogP contribution in [-0.4, -0.2) is 11.1 Å². The summed E-state index contributed by atoms with van der Waals surface area (Å²) in [5.41, 5.74) is 6.37. The minimum absolute atomic E-state index is 0. The minimum Gasteiger partial charge on any atom is -0.481 e. The van der Waals surface area contributed by atoms with Crippen LogP contribution in [0, 0.1) is 0 Å². The van der Waals surface area contributed by atoms with Crippen LogP contribution in [0.3, 0.4) is 0 Å². The predicted octanol–water partition coefficient (Wildman–Crippen LogP) is 2.24. The van der Waals surface area contributed by atoms with E-state index >= 15 is 0 Å². The lowest BCUT2D eigenvalue weighted by Gasteiger charge is -2.08. The number of aliphatic carboxylic acids is 1. The van der Waals surface area contributed by atoms with Gasteiger partial charge in [-0.05, 0) is 17.7 Å². The van der Waals surface area contributed by atoms with Crippen LogP contribution >= 0.6 is 24.0 Å². The van der Waals surface area contributed by atoms with Crippen molar-refractivity contribution in [3.05, 3.63) is 34.9 Å². The molecule has 0 saturated heterocycles. The summed E-state index contributed by atoms with van der Waals surface area (Å²) in [6.45, 7) is 0. The number of carboxylic acid groups (broad SMARTS) is 1. The van der Waals surface area contributed by atoms with Crippen LogP contribution in [0.2, 0.25) is 5.02 Å². The summed E-state index contributed by atoms with van der Waals surface area (Å²) < 4.78 is 0. The van der Waals surface area contributed by atoms with Crippen molar-refractivity contribution in [3.63, 3.8) is 0 Å². The summed E-state index contributed by atoms with van der Waals surface area (Å²) in [7, 11) is 0. The molecule has 0 aliphatic rings. The van der Waals surface area contributed by atoms with Gasteiger partial charge in [0.15, 0.2) is 0 Å². The molecule has 3 nitrogen and oxygen atoms in total. The van der Waals surface area contributed by atoms with Crippen molar-refractivity contribution in [1.82, 2.24) is 0 Å². The zero-order chi connectivity index (χ0) is 9.84. The van der Waals surface area contributed by atoms with E-state index in [-0.39, 0.29) is 18.8 Å². The van der Waals surface area contributed by atoms with E-state index in [4.69, 9.17) is 22.4 Å². The van der Waals surface area contributed by atoms with Crippen molar-refractivity contribution in [1.29, 1.82) is 0 Å². The van der Waals surface area contributed by atoms with E-state index < -0.39 is 12.0 Å². The first-order valence-electron chi connectivity index (χ1n) is 3.82. The van der Waals surface area contributed by atoms with Gasteiger partial charge in [-0.15, -0.1) is 12.4 Å². The van der Waals surface area contributed by atoms with Crippen molar-refractivity contribution in [2.45, 2.75) is 12.5 Å². The molecule has 0 saturated carbocycles. The van der Waals surface area contributed by atoms with Crippen LogP contribution in [0.25, 0.3) is 0 Å². The number of halogens is 2. The highest BCUT2D eigenvalue weighted by molar-refractivity contribution is 6.30. The van der Waals surface area contributed by atoms with Crippen molar-refractivity contribution in [2.75, 3.05) is 0 Å². The molecule has 14 heavy (non-hydrogen) atoms. The molecule has 0 spiro atoms. The molecule has 0 fully saturated rings. The van der Waals surface area contributed by atoms with Gasteiger partial charge in [0.25, 0.3) is 0 Å². The molecule has 0 bridgehead atoms. The molecular weight excluding hydrogens is 225 g/mol. The lowest BCUT2D eigenvalue weighted by atomic mass is 10.1. The molecule has 3 N–H and O–H groups in total. The Morgan fingerprint density at radius 3 is 2.71 bits per heavy atom. The van der Waals surface area contributed by atoms with Gasteiger partial charge in [-0.2, -0.15) is 0 Å². The highest BCUT2D eigenvalue weighted by Gasteiger charge is 2.10. The Morgan fingerprint density at radius 2 is 2.21 bits per heavy atom. The zero-order valence-corrected chi connectivity index (χ0v) is 8.89. The predicted molar refractivity (Wildman–Crippen MR) is 57.9 cm³/mol. The van der Waals surface area contributed by atoms with Crippen LogP contribution < -0.4 is 5.73 Å². The molecule has 1 aromatic rings. The number of benzene rings is 1. The van der Waals surface area contributed by atoms with Crippen molar-refractivity contribution >= 4 is 30.0 Å². The van der Waals surface area contributed by atoms with E-state index in [0.717, 1.165) is 5.56 Å². The van der Waals surface area contributed by atoms with Gasteiger partial charge in [-0.25, -0.2) is 0 Å². The number of hydrogen-bond acceptors (Lipinski definition) is 2. The van der Waals surface area contributed by atoms with E-state index in [1.165, 1.54) is 0 Å². The van der Waals surface area contributed by atoms with Crippen LogP contribution in [0.1, 0.15) is 18.0 Å². The van der Waals surface area contributed by atoms with Crippen molar-refractivity contribution in [2.24, 2.45) is 5.73 Å². The second-order valence-electron chi connectivity index (χ2n) is 2.76. The second kappa shape index (κ2) is 5.86. The number of carbonyl (C=O) groups is 1. The van der Waals surface area contributed by atoms with E-state index in [1.807, 2.05) is 0 Å². The standard InChI is InChI=1S/C9H10ClNO2.ClH/c10-7-3-1-2-6(4-7)8(11)5-9(12)13;/h1-4,8H,5,11H2,(H,12,13);1H/t8-;/m0./s1. The fourth-order valence-electron chi connectivity index (χ4n) is 1.04. The third kappa shape index (κ3) is 3.96.